The van der Waals surface area contributed by atoms with Crippen molar-refractivity contribution in [2.75, 3.05) is 6.61 Å². The molecule has 0 unspecified atom stereocenters. The number of fused-ring (bicyclic) bond motifs is 1. The van der Waals surface area contributed by atoms with Gasteiger partial charge in [-0.05, 0) is 72.4 Å². The van der Waals surface area contributed by atoms with Gasteiger partial charge in [0, 0.05) is 0 Å². The fourth-order valence-corrected chi connectivity index (χ4v) is 4.03. The van der Waals surface area contributed by atoms with Gasteiger partial charge in [-0.2, -0.15) is 0 Å². The number of unbranched alkanes of at least 4 members (excludes halogenated alkanes) is 2. The van der Waals surface area contributed by atoms with Gasteiger partial charge in [0.05, 0.1) is 6.61 Å². The molecule has 24 heavy (non-hydrogen) atoms. The molecule has 0 atom stereocenters. The smallest absolute Gasteiger partial charge is 0.119 e. The monoisotopic (exact) mass is 324 g/mol. The second-order valence-electron chi connectivity index (χ2n) is 7.45. The normalized spacial score (nSPS) is 21.1. The summed E-state index contributed by atoms with van der Waals surface area (Å²) in [6, 6.07) is 13.6. The van der Waals surface area contributed by atoms with E-state index in [1.807, 2.05) is 0 Å². The Hall–Kier alpha value is -1.50. The van der Waals surface area contributed by atoms with Gasteiger partial charge in [0.25, 0.3) is 0 Å². The topological polar surface area (TPSA) is 9.23 Å². The highest BCUT2D eigenvalue weighted by Crippen LogP contribution is 2.38. The summed E-state index contributed by atoms with van der Waals surface area (Å²) in [6.45, 7) is 5.39. The third kappa shape index (κ3) is 4.32. The van der Waals surface area contributed by atoms with Crippen LogP contribution in [0.5, 0.6) is 5.75 Å². The molecule has 1 heteroatoms. The van der Waals surface area contributed by atoms with Gasteiger partial charge in [-0.15, -0.1) is 0 Å². The van der Waals surface area contributed by atoms with Crippen molar-refractivity contribution in [3.8, 4) is 5.75 Å². The summed E-state index contributed by atoms with van der Waals surface area (Å²) in [7, 11) is 0. The third-order valence-corrected chi connectivity index (χ3v) is 5.75. The number of rotatable bonds is 7. The Bertz CT molecular complexity index is 638. The van der Waals surface area contributed by atoms with Crippen LogP contribution in [0.2, 0.25) is 0 Å². The van der Waals surface area contributed by atoms with E-state index >= 15 is 0 Å². The van der Waals surface area contributed by atoms with Crippen LogP contribution in [0.1, 0.15) is 76.7 Å². The minimum absolute atomic E-state index is 0.766. The van der Waals surface area contributed by atoms with Crippen molar-refractivity contribution in [1.29, 1.82) is 0 Å². The Morgan fingerprint density at radius 2 is 1.62 bits per heavy atom. The highest BCUT2D eigenvalue weighted by molar-refractivity contribution is 5.84. The molecule has 0 aliphatic heterocycles. The van der Waals surface area contributed by atoms with E-state index in [-0.39, 0.29) is 0 Å². The predicted molar refractivity (Wildman–Crippen MR) is 104 cm³/mol. The molecule has 0 spiro atoms. The van der Waals surface area contributed by atoms with Crippen LogP contribution in [0.15, 0.2) is 36.4 Å². The molecule has 2 aromatic carbocycles. The molecule has 0 bridgehead atoms. The fourth-order valence-electron chi connectivity index (χ4n) is 4.03. The Labute approximate surface area is 147 Å². The first-order chi connectivity index (χ1) is 11.8. The van der Waals surface area contributed by atoms with Crippen LogP contribution >= 0.6 is 0 Å². The standard InChI is InChI=1S/C23H32O/c1-3-5-6-15-24-23-14-13-21-16-20(11-12-22(21)17-23)19-9-7-18(4-2)8-10-19/h11-14,16-19H,3-10,15H2,1-2H3. The molecule has 1 aliphatic carbocycles. The van der Waals surface area contributed by atoms with Crippen molar-refractivity contribution in [2.45, 2.75) is 71.1 Å². The summed E-state index contributed by atoms with van der Waals surface area (Å²) in [5, 5.41) is 2.65. The number of hydrogen-bond donors (Lipinski definition) is 0. The van der Waals surface area contributed by atoms with Gasteiger partial charge < -0.3 is 4.74 Å². The number of ether oxygens (including phenoxy) is 1. The van der Waals surface area contributed by atoms with Crippen LogP contribution in [-0.4, -0.2) is 6.61 Å². The van der Waals surface area contributed by atoms with E-state index in [0.29, 0.717) is 0 Å². The van der Waals surface area contributed by atoms with E-state index in [1.54, 1.807) is 0 Å². The predicted octanol–water partition coefficient (Wildman–Crippen LogP) is 7.09. The summed E-state index contributed by atoms with van der Waals surface area (Å²) in [5.74, 6) is 2.74. The first-order valence-corrected chi connectivity index (χ1v) is 9.96. The van der Waals surface area contributed by atoms with Crippen LogP contribution in [0, 0.1) is 5.92 Å². The van der Waals surface area contributed by atoms with Gasteiger partial charge in [-0.25, -0.2) is 0 Å². The molecule has 1 aliphatic rings. The molecular weight excluding hydrogens is 292 g/mol. The first kappa shape index (κ1) is 17.3. The fraction of sp³-hybridized carbons (Fsp3) is 0.565. The van der Waals surface area contributed by atoms with Crippen LogP contribution in [0.4, 0.5) is 0 Å². The highest BCUT2D eigenvalue weighted by atomic mass is 16.5. The third-order valence-electron chi connectivity index (χ3n) is 5.75. The zero-order valence-electron chi connectivity index (χ0n) is 15.4. The largest absolute Gasteiger partial charge is 0.494 e. The zero-order chi connectivity index (χ0) is 16.8. The van der Waals surface area contributed by atoms with E-state index in [9.17, 15) is 0 Å². The van der Waals surface area contributed by atoms with Crippen LogP contribution in [-0.2, 0) is 0 Å². The van der Waals surface area contributed by atoms with E-state index in [0.717, 1.165) is 30.6 Å². The molecule has 2 aromatic rings. The molecule has 0 amide bonds. The van der Waals surface area contributed by atoms with Crippen molar-refractivity contribution < 1.29 is 4.74 Å². The van der Waals surface area contributed by atoms with Gasteiger partial charge in [0.1, 0.15) is 5.75 Å². The van der Waals surface area contributed by atoms with Gasteiger partial charge in [0.2, 0.25) is 0 Å². The lowest BCUT2D eigenvalue weighted by atomic mass is 9.77. The maximum absolute atomic E-state index is 5.89. The molecule has 0 heterocycles. The van der Waals surface area contributed by atoms with E-state index in [2.05, 4.69) is 50.2 Å². The van der Waals surface area contributed by atoms with Gasteiger partial charge in [-0.1, -0.05) is 57.4 Å². The zero-order valence-corrected chi connectivity index (χ0v) is 15.4. The average Bonchev–Trinajstić information content (AvgIpc) is 2.65. The molecule has 0 saturated heterocycles. The second-order valence-corrected chi connectivity index (χ2v) is 7.45. The van der Waals surface area contributed by atoms with Crippen LogP contribution in [0.25, 0.3) is 10.8 Å². The first-order valence-electron chi connectivity index (χ1n) is 9.96. The van der Waals surface area contributed by atoms with Crippen molar-refractivity contribution >= 4 is 10.8 Å². The van der Waals surface area contributed by atoms with E-state index in [1.165, 1.54) is 61.3 Å². The molecule has 130 valence electrons. The summed E-state index contributed by atoms with van der Waals surface area (Å²) >= 11 is 0. The van der Waals surface area contributed by atoms with Crippen molar-refractivity contribution in [2.24, 2.45) is 5.92 Å². The van der Waals surface area contributed by atoms with Gasteiger partial charge >= 0.3 is 0 Å². The minimum atomic E-state index is 0.766. The average molecular weight is 325 g/mol. The summed E-state index contributed by atoms with van der Waals surface area (Å²) in [6.07, 6.45) is 10.5. The molecule has 0 aromatic heterocycles. The molecule has 1 fully saturated rings. The lowest BCUT2D eigenvalue weighted by Gasteiger charge is -2.28. The van der Waals surface area contributed by atoms with E-state index < -0.39 is 0 Å². The molecule has 0 N–H and O–H groups in total. The maximum atomic E-state index is 5.89. The van der Waals surface area contributed by atoms with Crippen molar-refractivity contribution in [1.82, 2.24) is 0 Å². The van der Waals surface area contributed by atoms with Crippen LogP contribution < -0.4 is 4.74 Å². The lowest BCUT2D eigenvalue weighted by Crippen LogP contribution is -2.12. The SMILES string of the molecule is CCCCCOc1ccc2cc(C3CCC(CC)CC3)ccc2c1. The van der Waals surface area contributed by atoms with Gasteiger partial charge in [0.15, 0.2) is 0 Å². The summed E-state index contributed by atoms with van der Waals surface area (Å²) < 4.78 is 5.89. The molecular formula is C23H32O. The van der Waals surface area contributed by atoms with Gasteiger partial charge in [-0.3, -0.25) is 0 Å². The van der Waals surface area contributed by atoms with E-state index in [4.69, 9.17) is 4.74 Å². The summed E-state index contributed by atoms with van der Waals surface area (Å²) in [4.78, 5) is 0. The Morgan fingerprint density at radius 3 is 2.38 bits per heavy atom. The number of benzene rings is 2. The van der Waals surface area contributed by atoms with Crippen LogP contribution in [0.3, 0.4) is 0 Å². The quantitative estimate of drug-likeness (QED) is 0.494. The Kier molecular flexibility index (Phi) is 6.18. The molecule has 0 radical (unpaired) electrons. The van der Waals surface area contributed by atoms with Crippen molar-refractivity contribution in [3.63, 3.8) is 0 Å². The van der Waals surface area contributed by atoms with Crippen molar-refractivity contribution in [3.05, 3.63) is 42.0 Å². The molecule has 1 nitrogen and oxygen atoms in total. The lowest BCUT2D eigenvalue weighted by molar-refractivity contribution is 0.306. The minimum Gasteiger partial charge on any atom is -0.494 e. The second kappa shape index (κ2) is 8.55. The number of hydrogen-bond acceptors (Lipinski definition) is 1. The highest BCUT2D eigenvalue weighted by Gasteiger charge is 2.21. The molecule has 3 rings (SSSR count). The Morgan fingerprint density at radius 1 is 0.875 bits per heavy atom. The molecule has 1 saturated carbocycles. The Balaban J connectivity index is 1.66. The summed E-state index contributed by atoms with van der Waals surface area (Å²) in [5.41, 5.74) is 1.54. The maximum Gasteiger partial charge on any atom is 0.119 e.